The SMILES string of the molecule is Nc1nc2c(ncn2[C@@H]2O[C@H]3COP(=O)(S)OCCn4c(nc5cncnc54)COP(O)(=S)O[C@@H]2C3)c(=O)[nH]1. The van der Waals surface area contributed by atoms with Gasteiger partial charge in [-0.1, -0.05) is 12.2 Å². The van der Waals surface area contributed by atoms with Crippen molar-refractivity contribution >= 4 is 65.8 Å². The van der Waals surface area contributed by atoms with E-state index in [9.17, 15) is 14.3 Å². The molecule has 0 saturated carbocycles. The van der Waals surface area contributed by atoms with Crippen molar-refractivity contribution in [3.05, 3.63) is 35.0 Å². The van der Waals surface area contributed by atoms with Crippen LogP contribution in [0.1, 0.15) is 18.5 Å². The highest BCUT2D eigenvalue weighted by Crippen LogP contribution is 2.54. The van der Waals surface area contributed by atoms with Crippen molar-refractivity contribution in [1.29, 1.82) is 0 Å². The fourth-order valence-electron chi connectivity index (χ4n) is 4.36. The molecule has 4 aromatic rings. The van der Waals surface area contributed by atoms with Gasteiger partial charge in [-0.15, -0.1) is 0 Å². The van der Waals surface area contributed by atoms with Gasteiger partial charge in [0, 0.05) is 13.0 Å². The van der Waals surface area contributed by atoms with E-state index in [-0.39, 0.29) is 49.9 Å². The minimum absolute atomic E-state index is 0.0170. The van der Waals surface area contributed by atoms with Crippen LogP contribution in [0, 0.1) is 0 Å². The summed E-state index contributed by atoms with van der Waals surface area (Å²) >= 11 is 9.39. The number of fused-ring (bicyclic) bond motifs is 6. The van der Waals surface area contributed by atoms with Crippen molar-refractivity contribution in [2.75, 3.05) is 18.9 Å². The average Bonchev–Trinajstić information content (AvgIpc) is 3.56. The Morgan fingerprint density at radius 3 is 2.92 bits per heavy atom. The van der Waals surface area contributed by atoms with Crippen molar-refractivity contribution in [3.63, 3.8) is 0 Å². The molecule has 21 heteroatoms. The smallest absolute Gasteiger partial charge is 0.369 e. The summed E-state index contributed by atoms with van der Waals surface area (Å²) in [7, 11) is 0. The third-order valence-electron chi connectivity index (χ3n) is 5.98. The van der Waals surface area contributed by atoms with Gasteiger partial charge in [0.2, 0.25) is 5.95 Å². The quantitative estimate of drug-likeness (QED) is 0.173. The fraction of sp³-hybridized carbons (Fsp3) is 0.444. The summed E-state index contributed by atoms with van der Waals surface area (Å²) in [5.41, 5.74) is 6.26. The first-order valence-corrected chi connectivity index (χ1v) is 16.7. The normalized spacial score (nSPS) is 30.7. The molecule has 4 aromatic heterocycles. The van der Waals surface area contributed by atoms with E-state index in [1.54, 1.807) is 4.57 Å². The summed E-state index contributed by atoms with van der Waals surface area (Å²) in [4.78, 5) is 46.6. The van der Waals surface area contributed by atoms with Crippen LogP contribution in [0.5, 0.6) is 0 Å². The van der Waals surface area contributed by atoms with Gasteiger partial charge in [-0.25, -0.2) is 24.5 Å². The summed E-state index contributed by atoms with van der Waals surface area (Å²) in [6.45, 7) is -8.01. The number of anilines is 1. The Bertz CT molecular complexity index is 1710. The molecule has 0 aliphatic carbocycles. The van der Waals surface area contributed by atoms with Gasteiger partial charge < -0.3 is 29.0 Å². The standard InChI is InChI=1S/C18H21N9O8P2S2/c19-18-24-15-13(16(28)25-18)22-8-27(15)17-11-3-9(34-17)5-32-36(29,38)31-2-1-26-12(6-33-37(30,39)35-11)23-10-4-20-7-21-14(10)26/h4,7-9,11,17H,1-3,5-6H2,(H,29,38)(H,30,39)(H3,19,24,25,28)/t9-,11-,17-,36?,37?/m1/s1. The Morgan fingerprint density at radius 2 is 2.08 bits per heavy atom. The second-order valence-electron chi connectivity index (χ2n) is 8.55. The molecule has 2 bridgehead atoms. The Labute approximate surface area is 229 Å². The van der Waals surface area contributed by atoms with Crippen LogP contribution in [0.25, 0.3) is 22.3 Å². The maximum Gasteiger partial charge on any atom is 0.386 e. The molecule has 0 spiro atoms. The lowest BCUT2D eigenvalue weighted by Crippen LogP contribution is -2.23. The van der Waals surface area contributed by atoms with Crippen LogP contribution in [-0.4, -0.2) is 69.4 Å². The Hall–Kier alpha value is -2.31. The van der Waals surface area contributed by atoms with Gasteiger partial charge in [-0.05, 0) is 11.8 Å². The van der Waals surface area contributed by atoms with E-state index in [0.29, 0.717) is 17.0 Å². The second-order valence-corrected chi connectivity index (χ2v) is 14.3. The number of nitrogens with two attached hydrogens (primary N) is 1. The molecule has 5 atom stereocenters. The molecular weight excluding hydrogens is 596 g/mol. The van der Waals surface area contributed by atoms with E-state index in [4.69, 9.17) is 40.4 Å². The average molecular weight is 618 g/mol. The number of hydrogen-bond acceptors (Lipinski definition) is 14. The molecule has 2 unspecified atom stereocenters. The van der Waals surface area contributed by atoms with Gasteiger partial charge in [0.05, 0.1) is 31.8 Å². The molecule has 0 radical (unpaired) electrons. The number of aromatic nitrogens is 8. The lowest BCUT2D eigenvalue weighted by Gasteiger charge is -2.24. The van der Waals surface area contributed by atoms with Crippen LogP contribution in [0.15, 0.2) is 23.6 Å². The maximum atomic E-state index is 12.9. The number of thiol groups is 1. The van der Waals surface area contributed by atoms with Gasteiger partial charge in [-0.3, -0.25) is 23.4 Å². The molecule has 39 heavy (non-hydrogen) atoms. The highest BCUT2D eigenvalue weighted by Gasteiger charge is 2.42. The molecule has 0 amide bonds. The van der Waals surface area contributed by atoms with E-state index in [2.05, 4.69) is 42.2 Å². The minimum Gasteiger partial charge on any atom is -0.369 e. The van der Waals surface area contributed by atoms with Gasteiger partial charge in [0.15, 0.2) is 23.0 Å². The minimum atomic E-state index is -3.89. The summed E-state index contributed by atoms with van der Waals surface area (Å²) in [6, 6.07) is 0. The van der Waals surface area contributed by atoms with E-state index in [1.165, 1.54) is 23.4 Å². The van der Waals surface area contributed by atoms with E-state index < -0.39 is 37.5 Å². The molecule has 6 heterocycles. The second kappa shape index (κ2) is 10.3. The highest BCUT2D eigenvalue weighted by molar-refractivity contribution is 8.44. The summed E-state index contributed by atoms with van der Waals surface area (Å²) in [5, 5.41) is 0. The lowest BCUT2D eigenvalue weighted by molar-refractivity contribution is -0.0446. The lowest BCUT2D eigenvalue weighted by atomic mass is 10.2. The van der Waals surface area contributed by atoms with Crippen LogP contribution in [-0.2, 0) is 52.4 Å². The number of H-pyrrole nitrogens is 1. The van der Waals surface area contributed by atoms with E-state index >= 15 is 0 Å². The number of imidazole rings is 2. The van der Waals surface area contributed by atoms with Crippen molar-refractivity contribution in [3.8, 4) is 0 Å². The van der Waals surface area contributed by atoms with Crippen molar-refractivity contribution in [1.82, 2.24) is 39.0 Å². The van der Waals surface area contributed by atoms with Crippen LogP contribution < -0.4 is 11.3 Å². The van der Waals surface area contributed by atoms with Crippen LogP contribution in [0.2, 0.25) is 0 Å². The molecule has 17 nitrogen and oxygen atoms in total. The zero-order valence-corrected chi connectivity index (χ0v) is 23.3. The Morgan fingerprint density at radius 1 is 1.23 bits per heavy atom. The zero-order chi connectivity index (χ0) is 27.4. The Kier molecular flexibility index (Phi) is 7.08. The molecule has 208 valence electrons. The first-order chi connectivity index (χ1) is 18.6. The number of nitrogens with zero attached hydrogens (tertiary/aromatic N) is 7. The van der Waals surface area contributed by atoms with E-state index in [1.807, 2.05) is 0 Å². The third-order valence-corrected chi connectivity index (χ3v) is 9.22. The van der Waals surface area contributed by atoms with Gasteiger partial charge in [-0.2, -0.15) is 4.98 Å². The number of hydrogen-bond donors (Lipinski definition) is 4. The first-order valence-electron chi connectivity index (χ1n) is 11.4. The predicted octanol–water partition coefficient (Wildman–Crippen LogP) is 1.03. The third kappa shape index (κ3) is 5.52. The van der Waals surface area contributed by atoms with Crippen LogP contribution >= 0.6 is 25.8 Å². The molecule has 4 N–H and O–H groups in total. The monoisotopic (exact) mass is 617 g/mol. The number of nitrogens with one attached hydrogen (secondary N) is 1. The van der Waals surface area contributed by atoms with Gasteiger partial charge in [0.1, 0.15) is 30.4 Å². The van der Waals surface area contributed by atoms with Crippen molar-refractivity contribution in [2.24, 2.45) is 0 Å². The summed E-state index contributed by atoms with van der Waals surface area (Å²) in [6.07, 6.45) is 1.74. The van der Waals surface area contributed by atoms with Crippen LogP contribution in [0.3, 0.4) is 0 Å². The number of nitrogen functional groups attached to an aromatic ring is 1. The molecule has 1 saturated heterocycles. The molecule has 2 aliphatic rings. The van der Waals surface area contributed by atoms with Gasteiger partial charge in [0.25, 0.3) is 5.56 Å². The molecular formula is C18H21N9O8P2S2. The number of rotatable bonds is 1. The Balaban J connectivity index is 1.35. The first kappa shape index (κ1) is 26.9. The molecule has 1 fully saturated rings. The maximum absolute atomic E-state index is 12.9. The zero-order valence-electron chi connectivity index (χ0n) is 19.8. The fourth-order valence-corrected chi connectivity index (χ4v) is 6.91. The topological polar surface area (TPSA) is 217 Å². The largest absolute Gasteiger partial charge is 0.386 e. The van der Waals surface area contributed by atoms with Crippen molar-refractivity contribution in [2.45, 2.75) is 38.0 Å². The van der Waals surface area contributed by atoms with E-state index in [0.717, 1.165) is 0 Å². The number of aromatic amines is 1. The van der Waals surface area contributed by atoms with Crippen molar-refractivity contribution < 1.29 is 32.3 Å². The predicted molar refractivity (Wildman–Crippen MR) is 141 cm³/mol. The number of ether oxygens (including phenoxy) is 1. The van der Waals surface area contributed by atoms with Gasteiger partial charge >= 0.3 is 13.5 Å². The molecule has 6 rings (SSSR count). The van der Waals surface area contributed by atoms with Crippen LogP contribution in [0.4, 0.5) is 5.95 Å². The highest BCUT2D eigenvalue weighted by atomic mass is 32.7. The molecule has 2 aliphatic heterocycles. The summed E-state index contributed by atoms with van der Waals surface area (Å²) < 4.78 is 44.5. The molecule has 0 aromatic carbocycles. The summed E-state index contributed by atoms with van der Waals surface area (Å²) in [5.74, 6) is 0.220.